The Morgan fingerprint density at radius 2 is 0.848 bits per heavy atom. The van der Waals surface area contributed by atoms with Crippen molar-refractivity contribution in [2.45, 2.75) is 78.1 Å². The number of H-pyrrole nitrogens is 2. The van der Waals surface area contributed by atoms with Crippen LogP contribution in [0.2, 0.25) is 25.7 Å². The first-order chi connectivity index (χ1) is 31.4. The van der Waals surface area contributed by atoms with Crippen LogP contribution in [0.5, 0.6) is 0 Å². The smallest absolute Gasteiger partial charge is 0.338 e. The third-order valence-electron chi connectivity index (χ3n) is 12.5. The Morgan fingerprint density at radius 1 is 0.500 bits per heavy atom. The molecular weight excluding hydrogens is 940 g/mol. The fourth-order valence-electron chi connectivity index (χ4n) is 8.62. The average Bonchev–Trinajstić information content (AvgIpc) is 4.12. The second-order valence-electron chi connectivity index (χ2n) is 20.7. The molecule has 3 aromatic heterocycles. The van der Waals surface area contributed by atoms with E-state index < -0.39 is 8.07 Å². The van der Waals surface area contributed by atoms with Crippen molar-refractivity contribution in [3.05, 3.63) is 164 Å². The topological polar surface area (TPSA) is 83.7 Å². The molecule has 2 N–H and O–H groups in total. The highest BCUT2D eigenvalue weighted by molar-refractivity contribution is 14.1. The minimum atomic E-state index is -1.36. The Kier molecular flexibility index (Phi) is 12.0. The van der Waals surface area contributed by atoms with Crippen molar-refractivity contribution < 1.29 is 9.53 Å². The number of halogens is 1. The number of fused-ring (bicyclic) bond motifs is 8. The molecule has 0 fully saturated rings. The summed E-state index contributed by atoms with van der Waals surface area (Å²) < 4.78 is 6.91. The largest absolute Gasteiger partial charge is 0.462 e. The molecule has 5 heterocycles. The number of ether oxygens (including phenoxy) is 1. The third-order valence-corrected chi connectivity index (χ3v) is 14.9. The van der Waals surface area contributed by atoms with Gasteiger partial charge in [0.05, 0.1) is 34.9 Å². The van der Waals surface area contributed by atoms with E-state index in [-0.39, 0.29) is 16.8 Å². The van der Waals surface area contributed by atoms with Gasteiger partial charge in [-0.25, -0.2) is 14.8 Å². The molecule has 2 aliphatic rings. The van der Waals surface area contributed by atoms with Crippen molar-refractivity contribution in [3.63, 3.8) is 0 Å². The fourth-order valence-corrected chi connectivity index (χ4v) is 9.69. The van der Waals surface area contributed by atoms with Gasteiger partial charge in [-0.05, 0) is 146 Å². The number of carbonyl (C=O) groups is 1. The zero-order valence-corrected chi connectivity index (χ0v) is 42.5. The number of aromatic nitrogens is 4. The zero-order chi connectivity index (χ0) is 46.5. The highest BCUT2D eigenvalue weighted by atomic mass is 127. The first kappa shape index (κ1) is 45.1. The van der Waals surface area contributed by atoms with Crippen LogP contribution in [0.3, 0.4) is 0 Å². The lowest BCUT2D eigenvalue weighted by molar-refractivity contribution is 0.0525. The first-order valence-corrected chi connectivity index (χ1v) is 27.6. The minimum absolute atomic E-state index is 0.00392. The summed E-state index contributed by atoms with van der Waals surface area (Å²) in [5.74, 6) is -0.300. The van der Waals surface area contributed by atoms with Crippen LogP contribution in [0.4, 0.5) is 0 Å². The minimum Gasteiger partial charge on any atom is -0.462 e. The normalized spacial score (nSPS) is 12.8. The van der Waals surface area contributed by atoms with Gasteiger partial charge in [0.2, 0.25) is 0 Å². The maximum absolute atomic E-state index is 13.3. The summed E-state index contributed by atoms with van der Waals surface area (Å²) in [6.07, 6.45) is 8.53. The van der Waals surface area contributed by atoms with Crippen molar-refractivity contribution in [2.24, 2.45) is 0 Å². The molecule has 0 amide bonds. The van der Waals surface area contributed by atoms with Crippen molar-refractivity contribution in [1.82, 2.24) is 19.9 Å². The molecule has 66 heavy (non-hydrogen) atoms. The predicted molar refractivity (Wildman–Crippen MR) is 289 cm³/mol. The van der Waals surface area contributed by atoms with Gasteiger partial charge in [0.15, 0.2) is 0 Å². The number of hydrogen-bond acceptors (Lipinski definition) is 4. The second kappa shape index (κ2) is 17.6. The molecule has 0 saturated carbocycles. The monoisotopic (exact) mass is 996 g/mol. The Labute approximate surface area is 403 Å². The molecule has 332 valence electrons. The van der Waals surface area contributed by atoms with Crippen LogP contribution in [-0.4, -0.2) is 40.6 Å². The number of aromatic amines is 2. The van der Waals surface area contributed by atoms with Gasteiger partial charge in [-0.15, -0.1) is 0 Å². The van der Waals surface area contributed by atoms with Crippen LogP contribution in [0.15, 0.2) is 121 Å². The van der Waals surface area contributed by atoms with Gasteiger partial charge in [-0.3, -0.25) is 0 Å². The Balaban J connectivity index is 1.35. The van der Waals surface area contributed by atoms with Gasteiger partial charge in [0, 0.05) is 56.0 Å². The lowest BCUT2D eigenvalue weighted by Crippen LogP contribution is -2.22. The van der Waals surface area contributed by atoms with Crippen LogP contribution in [0.1, 0.15) is 85.8 Å². The van der Waals surface area contributed by atoms with Gasteiger partial charge < -0.3 is 14.7 Å². The van der Waals surface area contributed by atoms with Crippen molar-refractivity contribution in [1.29, 1.82) is 0 Å². The molecule has 4 aromatic carbocycles. The van der Waals surface area contributed by atoms with Crippen LogP contribution >= 0.6 is 22.6 Å². The molecule has 8 heteroatoms. The Bertz CT molecular complexity index is 3050. The molecule has 0 aliphatic carbocycles. The molecule has 8 bridgehead atoms. The van der Waals surface area contributed by atoms with Gasteiger partial charge in [-0.2, -0.15) is 0 Å². The van der Waals surface area contributed by atoms with Crippen LogP contribution in [-0.2, 0) is 15.6 Å². The first-order valence-electron chi connectivity index (χ1n) is 22.8. The SMILES string of the molecule is CC(C)(C)c1ccc(-c2c3nc(c(-c4ccc(I)cc4)c4nc(c(-c5ccc(C(C)(C)C)cc5)c5ccc([nH]5)c(-c5ccc(C(=O)OCC[Si](C)(C)C)cc5)c5ccc2[nH]5)C=C4)C=C3)cc1. The van der Waals surface area contributed by atoms with E-state index >= 15 is 0 Å². The van der Waals surface area contributed by atoms with E-state index in [1.807, 2.05) is 24.3 Å². The van der Waals surface area contributed by atoms with E-state index in [2.05, 4.69) is 215 Å². The third kappa shape index (κ3) is 9.44. The predicted octanol–water partition coefficient (Wildman–Crippen LogP) is 16.0. The second-order valence-corrected chi connectivity index (χ2v) is 27.6. The van der Waals surface area contributed by atoms with Crippen LogP contribution in [0, 0.1) is 3.57 Å². The molecule has 0 saturated heterocycles. The molecule has 0 unspecified atom stereocenters. The van der Waals surface area contributed by atoms with Crippen molar-refractivity contribution in [2.75, 3.05) is 6.61 Å². The molecule has 0 spiro atoms. The lowest BCUT2D eigenvalue weighted by atomic mass is 9.86. The number of esters is 1. The van der Waals surface area contributed by atoms with Gasteiger partial charge >= 0.3 is 5.97 Å². The molecule has 9 rings (SSSR count). The van der Waals surface area contributed by atoms with E-state index in [0.29, 0.717) is 12.2 Å². The fraction of sp³-hybridized carbons (Fsp3) is 0.224. The number of benzene rings is 4. The average molecular weight is 997 g/mol. The van der Waals surface area contributed by atoms with Gasteiger partial charge in [-0.1, -0.05) is 134 Å². The van der Waals surface area contributed by atoms with Gasteiger partial charge in [0.25, 0.3) is 0 Å². The molecule has 6 nitrogen and oxygen atoms in total. The van der Waals surface area contributed by atoms with Crippen molar-refractivity contribution >= 4 is 83.0 Å². The summed E-state index contributed by atoms with van der Waals surface area (Å²) in [7, 11) is -1.36. The van der Waals surface area contributed by atoms with E-state index in [1.54, 1.807) is 0 Å². The molecule has 0 atom stereocenters. The summed E-state index contributed by atoms with van der Waals surface area (Å²) in [6.45, 7) is 20.7. The molecule has 2 aliphatic heterocycles. The van der Waals surface area contributed by atoms with E-state index in [1.165, 1.54) is 11.1 Å². The maximum atomic E-state index is 13.3. The van der Waals surface area contributed by atoms with E-state index in [9.17, 15) is 4.79 Å². The standard InChI is InChI=1S/C58H57IN4O2Si/c1-57(2,3)41-20-14-37(15-21-41)53-46-28-26-44(60-46)52(36-10-12-40(13-11-36)56(64)65-34-35-66(7,8)9)45-27-29-47(61-45)54(38-16-22-42(23-17-38)58(4,5)6)49-31-33-51(63-49)55(50-32-30-48(53)62-50)39-18-24-43(59)25-19-39/h10-33,60-61H,34-35H2,1-9H3. The Morgan fingerprint density at radius 3 is 1.26 bits per heavy atom. The highest BCUT2D eigenvalue weighted by Crippen LogP contribution is 2.39. The van der Waals surface area contributed by atoms with E-state index in [0.717, 1.165) is 99.0 Å². The summed E-state index contributed by atoms with van der Waals surface area (Å²) in [5.41, 5.74) is 18.2. The summed E-state index contributed by atoms with van der Waals surface area (Å²) in [6, 6.07) is 43.7. The zero-order valence-electron chi connectivity index (χ0n) is 39.4. The van der Waals surface area contributed by atoms with Crippen LogP contribution in [0.25, 0.3) is 90.9 Å². The van der Waals surface area contributed by atoms with Gasteiger partial charge in [0.1, 0.15) is 0 Å². The Hall–Kier alpha value is -6.10. The highest BCUT2D eigenvalue weighted by Gasteiger charge is 2.22. The number of nitrogens with zero attached hydrogens (tertiary/aromatic N) is 2. The maximum Gasteiger partial charge on any atom is 0.338 e. The quantitative estimate of drug-likeness (QED) is 0.0902. The molecule has 7 aromatic rings. The summed E-state index contributed by atoms with van der Waals surface area (Å²) >= 11 is 2.36. The number of hydrogen-bond donors (Lipinski definition) is 2. The molecular formula is C58H57IN4O2Si. The molecule has 0 radical (unpaired) electrons. The van der Waals surface area contributed by atoms with Crippen LogP contribution < -0.4 is 0 Å². The summed E-state index contributed by atoms with van der Waals surface area (Å²) in [5, 5.41) is 0. The van der Waals surface area contributed by atoms with E-state index in [4.69, 9.17) is 14.7 Å². The number of nitrogens with one attached hydrogen (secondary N) is 2. The number of carbonyl (C=O) groups excluding carboxylic acids is 1. The van der Waals surface area contributed by atoms with Crippen molar-refractivity contribution in [3.8, 4) is 44.5 Å². The number of rotatable bonds is 8. The summed E-state index contributed by atoms with van der Waals surface area (Å²) in [4.78, 5) is 32.0. The lowest BCUT2D eigenvalue weighted by Gasteiger charge is -2.19.